The van der Waals surface area contributed by atoms with Gasteiger partial charge in [0.05, 0.1) is 13.2 Å². The van der Waals surface area contributed by atoms with Crippen LogP contribution in [0.5, 0.6) is 11.5 Å². The van der Waals surface area contributed by atoms with E-state index in [9.17, 15) is 4.57 Å². The van der Waals surface area contributed by atoms with Crippen molar-refractivity contribution >= 4 is 30.4 Å². The summed E-state index contributed by atoms with van der Waals surface area (Å²) in [5.74, 6) is 0.208. The highest BCUT2D eigenvalue weighted by atomic mass is 31.2. The molecular weight excluding hydrogens is 515 g/mol. The van der Waals surface area contributed by atoms with Crippen LogP contribution < -0.4 is 15.2 Å². The van der Waals surface area contributed by atoms with E-state index in [4.69, 9.17) is 35.1 Å². The molecule has 9 nitrogen and oxygen atoms in total. The molecule has 1 aliphatic heterocycles. The van der Waals surface area contributed by atoms with Gasteiger partial charge in [-0.1, -0.05) is 30.3 Å². The van der Waals surface area contributed by atoms with Crippen LogP contribution in [0.25, 0.3) is 10.8 Å². The van der Waals surface area contributed by atoms with Crippen molar-refractivity contribution in [2.45, 2.75) is 38.6 Å². The van der Waals surface area contributed by atoms with Crippen molar-refractivity contribution in [3.63, 3.8) is 0 Å². The summed E-state index contributed by atoms with van der Waals surface area (Å²) >= 11 is 0. The number of fused-ring (bicyclic) bond motifs is 1. The van der Waals surface area contributed by atoms with Crippen LogP contribution in [-0.2, 0) is 13.6 Å². The molecule has 1 aliphatic rings. The minimum Gasteiger partial charge on any atom is -0.490 e. The lowest BCUT2D eigenvalue weighted by Gasteiger charge is -2.31. The van der Waals surface area contributed by atoms with Gasteiger partial charge in [-0.25, -0.2) is 0 Å². The number of nitrogens with one attached hydrogen (secondary N) is 2. The Bertz CT molecular complexity index is 1320. The van der Waals surface area contributed by atoms with E-state index < -0.39 is 13.4 Å². The van der Waals surface area contributed by atoms with E-state index in [1.807, 2.05) is 54.6 Å². The van der Waals surface area contributed by atoms with Gasteiger partial charge >= 0.3 is 7.60 Å². The van der Waals surface area contributed by atoms with Crippen molar-refractivity contribution in [3.8, 4) is 11.5 Å². The lowest BCUT2D eigenvalue weighted by atomic mass is 10.1. The number of rotatable bonds is 13. The molecule has 1 unspecified atom stereocenters. The third-order valence-corrected chi connectivity index (χ3v) is 8.84. The quantitative estimate of drug-likeness (QED) is 0.135. The van der Waals surface area contributed by atoms with E-state index in [1.54, 1.807) is 19.9 Å². The van der Waals surface area contributed by atoms with Crippen molar-refractivity contribution in [1.29, 1.82) is 10.8 Å². The monoisotopic (exact) mass is 552 g/mol. The Kier molecular flexibility index (Phi) is 9.75. The molecule has 1 saturated heterocycles. The zero-order valence-corrected chi connectivity index (χ0v) is 23.4. The second-order valence-electron chi connectivity index (χ2n) is 9.37. The van der Waals surface area contributed by atoms with E-state index in [0.717, 1.165) is 42.5 Å². The normalized spacial score (nSPS) is 15.6. The van der Waals surface area contributed by atoms with Crippen molar-refractivity contribution in [1.82, 2.24) is 4.90 Å². The molecule has 0 spiro atoms. The minimum atomic E-state index is -3.71. The lowest BCUT2D eigenvalue weighted by molar-refractivity contribution is 0.109. The molecule has 0 aromatic heterocycles. The van der Waals surface area contributed by atoms with Gasteiger partial charge in [-0.05, 0) is 67.8 Å². The van der Waals surface area contributed by atoms with E-state index >= 15 is 0 Å². The topological polar surface area (TPSA) is 131 Å². The highest BCUT2D eigenvalue weighted by Gasteiger charge is 2.39. The molecule has 39 heavy (non-hydrogen) atoms. The number of amidine groups is 1. The van der Waals surface area contributed by atoms with Gasteiger partial charge < -0.3 is 29.7 Å². The van der Waals surface area contributed by atoms with Gasteiger partial charge in [-0.15, -0.1) is 0 Å². The Hall–Kier alpha value is -3.23. The minimum absolute atomic E-state index is 0.0162. The van der Waals surface area contributed by atoms with Gasteiger partial charge in [0.15, 0.2) is 0 Å². The highest BCUT2D eigenvalue weighted by molar-refractivity contribution is 7.54. The summed E-state index contributed by atoms with van der Waals surface area (Å²) in [5.41, 5.74) is 6.93. The molecule has 1 fully saturated rings. The Labute approximate surface area is 229 Å². The summed E-state index contributed by atoms with van der Waals surface area (Å²) in [6, 6.07) is 18.5. The molecule has 1 heterocycles. The first-order chi connectivity index (χ1) is 18.8. The smallest absolute Gasteiger partial charge is 0.375 e. The summed E-state index contributed by atoms with van der Waals surface area (Å²) < 4.78 is 37.9. The predicted molar refractivity (Wildman–Crippen MR) is 155 cm³/mol. The fourth-order valence-corrected chi connectivity index (χ4v) is 6.54. The van der Waals surface area contributed by atoms with E-state index in [0.29, 0.717) is 23.4 Å². The number of likely N-dealkylation sites (tertiary alicyclic amines) is 1. The van der Waals surface area contributed by atoms with Gasteiger partial charge in [0.1, 0.15) is 23.4 Å². The van der Waals surface area contributed by atoms with Gasteiger partial charge in [-0.3, -0.25) is 14.9 Å². The molecule has 10 heteroatoms. The zero-order valence-electron chi connectivity index (χ0n) is 22.5. The largest absolute Gasteiger partial charge is 0.490 e. The van der Waals surface area contributed by atoms with Crippen LogP contribution >= 0.6 is 7.60 Å². The van der Waals surface area contributed by atoms with Crippen molar-refractivity contribution in [2.75, 3.05) is 32.8 Å². The maximum absolute atomic E-state index is 13.9. The molecule has 3 aromatic carbocycles. The van der Waals surface area contributed by atoms with Crippen LogP contribution in [0.3, 0.4) is 0 Å². The Morgan fingerprint density at radius 1 is 1.00 bits per heavy atom. The zero-order chi connectivity index (χ0) is 27.8. The highest BCUT2D eigenvalue weighted by Crippen LogP contribution is 2.61. The van der Waals surface area contributed by atoms with Crippen molar-refractivity contribution in [3.05, 3.63) is 71.8 Å². The van der Waals surface area contributed by atoms with Crippen molar-refractivity contribution < 1.29 is 23.1 Å². The Morgan fingerprint density at radius 2 is 1.64 bits per heavy atom. The summed E-state index contributed by atoms with van der Waals surface area (Å²) in [6.45, 7) is 6.43. The number of nitrogens with two attached hydrogens (primary N) is 1. The van der Waals surface area contributed by atoms with Crippen molar-refractivity contribution in [2.24, 2.45) is 5.73 Å². The van der Waals surface area contributed by atoms with Gasteiger partial charge in [0.25, 0.3) is 0 Å². The summed E-state index contributed by atoms with van der Waals surface area (Å²) in [4.78, 5) is 2.24. The number of nitrogen functional groups attached to an aromatic ring is 1. The summed E-state index contributed by atoms with van der Waals surface area (Å²) in [5, 5.41) is 16.8. The van der Waals surface area contributed by atoms with Crippen LogP contribution in [0.4, 0.5) is 0 Å². The molecular formula is C29H37N4O5P. The predicted octanol–water partition coefficient (Wildman–Crippen LogP) is 5.96. The number of benzene rings is 3. The third kappa shape index (κ3) is 7.25. The Balaban J connectivity index is 1.58. The fourth-order valence-electron chi connectivity index (χ4n) is 4.68. The van der Waals surface area contributed by atoms with Crippen LogP contribution in [0.15, 0.2) is 60.7 Å². The number of hydrogen-bond acceptors (Lipinski definition) is 8. The van der Waals surface area contributed by atoms with E-state index in [-0.39, 0.29) is 25.2 Å². The maximum Gasteiger partial charge on any atom is 0.375 e. The van der Waals surface area contributed by atoms with Crippen LogP contribution in [0.2, 0.25) is 0 Å². The first-order valence-corrected chi connectivity index (χ1v) is 14.9. The second-order valence-corrected chi connectivity index (χ2v) is 11.4. The molecule has 3 aromatic rings. The molecule has 0 saturated carbocycles. The average molecular weight is 553 g/mol. The average Bonchev–Trinajstić information content (AvgIpc) is 2.93. The molecule has 0 radical (unpaired) electrons. The van der Waals surface area contributed by atoms with Crippen LogP contribution in [0.1, 0.15) is 43.7 Å². The molecule has 208 valence electrons. The molecule has 0 bridgehead atoms. The van der Waals surface area contributed by atoms with Gasteiger partial charge in [-0.2, -0.15) is 0 Å². The molecule has 4 rings (SSSR count). The lowest BCUT2D eigenvalue weighted by Crippen LogP contribution is -2.39. The molecule has 0 aliphatic carbocycles. The number of nitrogens with zero attached hydrogens (tertiary/aromatic N) is 1. The number of hydrogen-bond donors (Lipinski definition) is 3. The molecule has 4 N–H and O–H groups in total. The standard InChI is InChI=1S/C29H37N4O5P/c1-3-35-39(34,36-4-2)29(38-27-12-7-21-5-6-23(28(31)32)19-24(21)20-27)22-8-10-25(11-9-22)37-26-13-16-33(17-14-26)18-15-30/h5-12,15,19-20,26,29-30H,3-4,13-14,16-18H2,1-2H3,(H3,31,32). The van der Waals surface area contributed by atoms with E-state index in [1.165, 1.54) is 6.21 Å². The summed E-state index contributed by atoms with van der Waals surface area (Å²) in [7, 11) is -3.71. The number of piperidine rings is 1. The fraction of sp³-hybridized carbons (Fsp3) is 0.379. The SMILES string of the molecule is CCOP(=O)(OCC)C(Oc1ccc2ccc(C(=N)N)cc2c1)c1ccc(OC2CCN(CC=N)CC2)cc1. The Morgan fingerprint density at radius 3 is 2.26 bits per heavy atom. The number of ether oxygens (including phenoxy) is 2. The summed E-state index contributed by atoms with van der Waals surface area (Å²) in [6.07, 6.45) is 3.35. The molecule has 1 atom stereocenters. The second kappa shape index (κ2) is 13.2. The first-order valence-electron chi connectivity index (χ1n) is 13.3. The first kappa shape index (κ1) is 28.8. The van der Waals surface area contributed by atoms with E-state index in [2.05, 4.69) is 4.90 Å². The third-order valence-electron chi connectivity index (χ3n) is 6.63. The van der Waals surface area contributed by atoms with Gasteiger partial charge in [0.2, 0.25) is 5.85 Å². The van der Waals surface area contributed by atoms with Crippen LogP contribution in [0, 0.1) is 10.8 Å². The van der Waals surface area contributed by atoms with Gasteiger partial charge in [0, 0.05) is 37.0 Å². The van der Waals surface area contributed by atoms with Crippen LogP contribution in [-0.4, -0.2) is 55.9 Å². The molecule has 0 amide bonds. The maximum atomic E-state index is 13.9.